The normalized spacial score (nSPS) is 14.9. The van der Waals surface area contributed by atoms with Crippen LogP contribution in [0.3, 0.4) is 0 Å². The molecule has 20 heavy (non-hydrogen) atoms. The minimum Gasteiger partial charge on any atom is -0.453 e. The molecule has 5 nitrogen and oxygen atoms in total. The monoisotopic (exact) mass is 286 g/mol. The van der Waals surface area contributed by atoms with Gasteiger partial charge in [0.2, 0.25) is 5.91 Å². The Labute approximate surface area is 122 Å². The van der Waals surface area contributed by atoms with Gasteiger partial charge in [-0.3, -0.25) is 4.79 Å². The number of alkyl carbamates (subject to hydrolysis) is 1. The van der Waals surface area contributed by atoms with Gasteiger partial charge in [-0.1, -0.05) is 48.5 Å². The fourth-order valence-corrected chi connectivity index (χ4v) is 2.35. The van der Waals surface area contributed by atoms with E-state index < -0.39 is 12.1 Å². The van der Waals surface area contributed by atoms with E-state index in [1.54, 1.807) is 0 Å². The van der Waals surface area contributed by atoms with Gasteiger partial charge in [-0.25, -0.2) is 4.79 Å². The molecule has 2 N–H and O–H groups in total. The van der Waals surface area contributed by atoms with Gasteiger partial charge in [0.05, 0.1) is 7.11 Å². The summed E-state index contributed by atoms with van der Waals surface area (Å²) in [5.41, 5.74) is -0.0450. The highest BCUT2D eigenvalue weighted by molar-refractivity contribution is 5.86. The van der Waals surface area contributed by atoms with E-state index in [-0.39, 0.29) is 23.3 Å². The minimum absolute atomic E-state index is 0.0121. The highest BCUT2D eigenvalue weighted by atomic mass is 16.5. The van der Waals surface area contributed by atoms with Crippen molar-refractivity contribution in [2.24, 2.45) is 17.3 Å². The Bertz CT molecular complexity index is 333. The Balaban J connectivity index is 4.95. The van der Waals surface area contributed by atoms with E-state index in [9.17, 15) is 9.59 Å². The molecule has 0 aliphatic rings. The van der Waals surface area contributed by atoms with Gasteiger partial charge in [0.1, 0.15) is 6.04 Å². The molecule has 0 rings (SSSR count). The predicted molar refractivity (Wildman–Crippen MR) is 80.4 cm³/mol. The van der Waals surface area contributed by atoms with E-state index in [4.69, 9.17) is 0 Å². The van der Waals surface area contributed by atoms with E-state index >= 15 is 0 Å². The number of methoxy groups -OCH3 is 1. The second-order valence-corrected chi connectivity index (χ2v) is 6.95. The molecule has 0 fully saturated rings. The summed E-state index contributed by atoms with van der Waals surface area (Å²) in [5, 5.41) is 5.65. The molecule has 0 bridgehead atoms. The standard InChI is InChI=1S/C15H30N2O3/c1-9(2)11(16-14(19)20-8)13(18)17-12(10(3)4)15(5,6)7/h9-12H,1-8H3,(H,16,19)(H,17,18). The van der Waals surface area contributed by atoms with E-state index in [2.05, 4.69) is 50.0 Å². The largest absolute Gasteiger partial charge is 0.453 e. The summed E-state index contributed by atoms with van der Waals surface area (Å²) < 4.78 is 4.57. The molecule has 0 aliphatic heterocycles. The van der Waals surface area contributed by atoms with Crippen LogP contribution in [-0.4, -0.2) is 31.2 Å². The van der Waals surface area contributed by atoms with Gasteiger partial charge >= 0.3 is 6.09 Å². The summed E-state index contributed by atoms with van der Waals surface area (Å²) in [6, 6.07) is -0.554. The average molecular weight is 286 g/mol. The first-order valence-corrected chi connectivity index (χ1v) is 7.15. The first kappa shape index (κ1) is 18.7. The van der Waals surface area contributed by atoms with E-state index in [0.29, 0.717) is 5.92 Å². The first-order valence-electron chi connectivity index (χ1n) is 7.15. The molecule has 2 atom stereocenters. The molecule has 0 aromatic heterocycles. The molecule has 118 valence electrons. The van der Waals surface area contributed by atoms with Crippen LogP contribution in [-0.2, 0) is 9.53 Å². The van der Waals surface area contributed by atoms with Crippen LogP contribution in [0.5, 0.6) is 0 Å². The fraction of sp³-hybridized carbons (Fsp3) is 0.867. The van der Waals surface area contributed by atoms with Gasteiger partial charge in [0.25, 0.3) is 0 Å². The highest BCUT2D eigenvalue weighted by Gasteiger charge is 2.32. The fourth-order valence-electron chi connectivity index (χ4n) is 2.35. The maximum Gasteiger partial charge on any atom is 0.407 e. The molecule has 0 saturated heterocycles. The maximum absolute atomic E-state index is 12.4. The van der Waals surface area contributed by atoms with Crippen molar-refractivity contribution in [3.05, 3.63) is 0 Å². The number of nitrogens with one attached hydrogen (secondary N) is 2. The highest BCUT2D eigenvalue weighted by Crippen LogP contribution is 2.25. The maximum atomic E-state index is 12.4. The van der Waals surface area contributed by atoms with Gasteiger partial charge in [-0.2, -0.15) is 0 Å². The molecule has 0 heterocycles. The molecule has 2 amide bonds. The molecule has 0 aromatic carbocycles. The lowest BCUT2D eigenvalue weighted by atomic mass is 9.80. The van der Waals surface area contributed by atoms with Crippen molar-refractivity contribution in [3.63, 3.8) is 0 Å². The lowest BCUT2D eigenvalue weighted by molar-refractivity contribution is -0.126. The van der Waals surface area contributed by atoms with Gasteiger partial charge in [-0.15, -0.1) is 0 Å². The Morgan fingerprint density at radius 1 is 0.950 bits per heavy atom. The van der Waals surface area contributed by atoms with Crippen molar-refractivity contribution >= 4 is 12.0 Å². The van der Waals surface area contributed by atoms with E-state index in [1.165, 1.54) is 7.11 Å². The summed E-state index contributed by atoms with van der Waals surface area (Å²) in [7, 11) is 1.29. The van der Waals surface area contributed by atoms with Gasteiger partial charge in [0, 0.05) is 6.04 Å². The number of rotatable bonds is 5. The minimum atomic E-state index is -0.592. The number of hydrogen-bond acceptors (Lipinski definition) is 3. The molecular weight excluding hydrogens is 256 g/mol. The van der Waals surface area contributed by atoms with E-state index in [0.717, 1.165) is 0 Å². The lowest BCUT2D eigenvalue weighted by Gasteiger charge is -2.36. The predicted octanol–water partition coefficient (Wildman–Crippen LogP) is 2.55. The van der Waals surface area contributed by atoms with Crippen LogP contribution in [0.2, 0.25) is 0 Å². The third kappa shape index (κ3) is 5.80. The summed E-state index contributed by atoms with van der Waals surface area (Å²) in [6.45, 7) is 14.2. The second-order valence-electron chi connectivity index (χ2n) is 6.95. The van der Waals surface area contributed by atoms with Crippen LogP contribution in [0, 0.1) is 17.3 Å². The van der Waals surface area contributed by atoms with Crippen LogP contribution in [0.15, 0.2) is 0 Å². The molecule has 0 aliphatic carbocycles. The Morgan fingerprint density at radius 3 is 1.75 bits per heavy atom. The smallest absolute Gasteiger partial charge is 0.407 e. The Hall–Kier alpha value is -1.26. The van der Waals surface area contributed by atoms with Crippen LogP contribution < -0.4 is 10.6 Å². The van der Waals surface area contributed by atoms with Crippen LogP contribution in [0.1, 0.15) is 48.5 Å². The number of carbonyl (C=O) groups is 2. The number of hydrogen-bond donors (Lipinski definition) is 2. The zero-order valence-electron chi connectivity index (χ0n) is 14.0. The van der Waals surface area contributed by atoms with Gasteiger partial charge in [0.15, 0.2) is 0 Å². The lowest BCUT2D eigenvalue weighted by Crippen LogP contribution is -2.55. The van der Waals surface area contributed by atoms with Gasteiger partial charge < -0.3 is 15.4 Å². The van der Waals surface area contributed by atoms with Crippen LogP contribution in [0.25, 0.3) is 0 Å². The molecular formula is C15H30N2O3. The molecule has 2 unspecified atom stereocenters. The molecule has 0 radical (unpaired) electrons. The zero-order chi connectivity index (χ0) is 16.1. The van der Waals surface area contributed by atoms with Crippen molar-refractivity contribution in [3.8, 4) is 0 Å². The summed E-state index contributed by atoms with van der Waals surface area (Å²) >= 11 is 0. The molecule has 0 aromatic rings. The first-order chi connectivity index (χ1) is 9.00. The van der Waals surface area contributed by atoms with Crippen molar-refractivity contribution < 1.29 is 14.3 Å². The van der Waals surface area contributed by atoms with Crippen molar-refractivity contribution in [2.75, 3.05) is 7.11 Å². The Morgan fingerprint density at radius 2 is 1.45 bits per heavy atom. The number of amides is 2. The number of carbonyl (C=O) groups excluding carboxylic acids is 2. The number of ether oxygens (including phenoxy) is 1. The van der Waals surface area contributed by atoms with Crippen molar-refractivity contribution in [1.29, 1.82) is 0 Å². The van der Waals surface area contributed by atoms with Crippen LogP contribution >= 0.6 is 0 Å². The molecule has 0 saturated carbocycles. The third-order valence-corrected chi connectivity index (χ3v) is 3.31. The van der Waals surface area contributed by atoms with Crippen molar-refractivity contribution in [1.82, 2.24) is 10.6 Å². The quantitative estimate of drug-likeness (QED) is 0.816. The molecule has 5 heteroatoms. The summed E-state index contributed by atoms with van der Waals surface area (Å²) in [6.07, 6.45) is -0.587. The molecule has 0 spiro atoms. The summed E-state index contributed by atoms with van der Waals surface area (Å²) in [5.74, 6) is 0.130. The second kappa shape index (κ2) is 7.50. The topological polar surface area (TPSA) is 67.4 Å². The van der Waals surface area contributed by atoms with Gasteiger partial charge in [-0.05, 0) is 17.3 Å². The van der Waals surface area contributed by atoms with E-state index in [1.807, 2.05) is 13.8 Å². The average Bonchev–Trinajstić information content (AvgIpc) is 2.29. The SMILES string of the molecule is COC(=O)NC(C(=O)NC(C(C)C)C(C)(C)C)C(C)C. The third-order valence-electron chi connectivity index (χ3n) is 3.31. The van der Waals surface area contributed by atoms with Crippen LogP contribution in [0.4, 0.5) is 4.79 Å². The van der Waals surface area contributed by atoms with Crippen molar-refractivity contribution in [2.45, 2.75) is 60.5 Å². The zero-order valence-corrected chi connectivity index (χ0v) is 14.0. The Kier molecular flexibility index (Phi) is 7.03. The summed E-state index contributed by atoms with van der Waals surface area (Å²) in [4.78, 5) is 23.8.